The molecule has 4 nitrogen and oxygen atoms in total. The highest BCUT2D eigenvalue weighted by Gasteiger charge is 2.17. The van der Waals surface area contributed by atoms with Gasteiger partial charge in [-0.05, 0) is 47.5 Å². The summed E-state index contributed by atoms with van der Waals surface area (Å²) in [6.07, 6.45) is 0. The summed E-state index contributed by atoms with van der Waals surface area (Å²) in [5.41, 5.74) is 8.76. The number of thiophene rings is 1. The third-order valence-electron chi connectivity index (χ3n) is 9.49. The van der Waals surface area contributed by atoms with Crippen LogP contribution in [0.4, 0.5) is 0 Å². The molecule has 3 heterocycles. The molecule has 0 aliphatic carbocycles. The quantitative estimate of drug-likeness (QED) is 0.185. The first-order valence-corrected chi connectivity index (χ1v) is 17.5. The topological polar surface area (TPSA) is 43.6 Å². The van der Waals surface area contributed by atoms with E-state index in [1.165, 1.54) is 42.0 Å². The smallest absolute Gasteiger partial charge is 0.164 e. The highest BCUT2D eigenvalue weighted by Crippen LogP contribution is 2.40. The van der Waals surface area contributed by atoms with Gasteiger partial charge in [-0.25, -0.2) is 15.0 Å². The molecular weight excluding hydrogens is 629 g/mol. The van der Waals surface area contributed by atoms with E-state index >= 15 is 0 Å². The van der Waals surface area contributed by atoms with Crippen LogP contribution in [-0.4, -0.2) is 19.5 Å². The number of benzene rings is 7. The number of hydrogen-bond acceptors (Lipinski definition) is 4. The van der Waals surface area contributed by atoms with Crippen molar-refractivity contribution >= 4 is 53.3 Å². The van der Waals surface area contributed by atoms with Crippen LogP contribution in [0, 0.1) is 0 Å². The zero-order valence-electron chi connectivity index (χ0n) is 26.9. The Morgan fingerprint density at radius 1 is 0.360 bits per heavy atom. The predicted molar refractivity (Wildman–Crippen MR) is 209 cm³/mol. The average Bonchev–Trinajstić information content (AvgIpc) is 3.74. The molecule has 0 N–H and O–H groups in total. The van der Waals surface area contributed by atoms with Crippen LogP contribution in [0.1, 0.15) is 0 Å². The molecule has 0 spiro atoms. The van der Waals surface area contributed by atoms with Crippen molar-refractivity contribution in [3.05, 3.63) is 170 Å². The second-order valence-electron chi connectivity index (χ2n) is 12.4. The first kappa shape index (κ1) is 28.6. The molecule has 0 aliphatic rings. The number of aromatic nitrogens is 4. The summed E-state index contributed by atoms with van der Waals surface area (Å²) >= 11 is 1.80. The van der Waals surface area contributed by atoms with Crippen LogP contribution in [0.5, 0.6) is 0 Å². The minimum absolute atomic E-state index is 0.652. The van der Waals surface area contributed by atoms with Gasteiger partial charge in [0.1, 0.15) is 0 Å². The van der Waals surface area contributed by atoms with Crippen molar-refractivity contribution in [1.82, 2.24) is 19.5 Å². The molecule has 10 rings (SSSR count). The molecule has 0 atom stereocenters. The van der Waals surface area contributed by atoms with E-state index in [0.29, 0.717) is 17.5 Å². The third kappa shape index (κ3) is 4.71. The molecule has 0 aliphatic heterocycles. The van der Waals surface area contributed by atoms with Crippen molar-refractivity contribution in [3.63, 3.8) is 0 Å². The van der Waals surface area contributed by atoms with Crippen LogP contribution in [0.15, 0.2) is 170 Å². The molecule has 3 aromatic heterocycles. The van der Waals surface area contributed by atoms with Crippen molar-refractivity contribution in [2.75, 3.05) is 0 Å². The molecular formula is C45H28N4S. The van der Waals surface area contributed by atoms with Crippen molar-refractivity contribution in [2.24, 2.45) is 0 Å². The zero-order valence-corrected chi connectivity index (χ0v) is 27.7. The lowest BCUT2D eigenvalue weighted by Gasteiger charge is -2.11. The van der Waals surface area contributed by atoms with E-state index in [1.54, 1.807) is 11.3 Å². The normalized spacial score (nSPS) is 11.6. The number of fused-ring (bicyclic) bond motifs is 6. The van der Waals surface area contributed by atoms with Gasteiger partial charge < -0.3 is 4.57 Å². The van der Waals surface area contributed by atoms with Crippen molar-refractivity contribution < 1.29 is 0 Å². The van der Waals surface area contributed by atoms with Gasteiger partial charge in [-0.3, -0.25) is 0 Å². The second-order valence-corrected chi connectivity index (χ2v) is 13.5. The Morgan fingerprint density at radius 3 is 1.54 bits per heavy atom. The fourth-order valence-corrected chi connectivity index (χ4v) is 8.25. The Morgan fingerprint density at radius 2 is 0.860 bits per heavy atom. The average molecular weight is 657 g/mol. The van der Waals surface area contributed by atoms with Gasteiger partial charge in [-0.15, -0.1) is 11.3 Å². The number of para-hydroxylation sites is 2. The summed E-state index contributed by atoms with van der Waals surface area (Å²) in [6.45, 7) is 0. The summed E-state index contributed by atoms with van der Waals surface area (Å²) in [6, 6.07) is 59.7. The first-order chi connectivity index (χ1) is 24.8. The van der Waals surface area contributed by atoms with Gasteiger partial charge in [0.25, 0.3) is 0 Å². The first-order valence-electron chi connectivity index (χ1n) is 16.7. The van der Waals surface area contributed by atoms with Gasteiger partial charge in [0.15, 0.2) is 17.5 Å². The molecule has 0 saturated carbocycles. The fraction of sp³-hybridized carbons (Fsp3) is 0. The minimum atomic E-state index is 0.652. The number of nitrogens with zero attached hydrogens (tertiary/aromatic N) is 4. The van der Waals surface area contributed by atoms with Gasteiger partial charge in [-0.1, -0.05) is 133 Å². The summed E-state index contributed by atoms with van der Waals surface area (Å²) in [5.74, 6) is 1.98. The molecule has 0 bridgehead atoms. The minimum Gasteiger partial charge on any atom is -0.309 e. The Bertz CT molecular complexity index is 2800. The number of rotatable bonds is 5. The molecule has 7 aromatic carbocycles. The van der Waals surface area contributed by atoms with Crippen LogP contribution in [0.25, 0.3) is 93.0 Å². The van der Waals surface area contributed by atoms with Crippen LogP contribution in [-0.2, 0) is 0 Å². The van der Waals surface area contributed by atoms with Gasteiger partial charge >= 0.3 is 0 Å². The highest BCUT2D eigenvalue weighted by molar-refractivity contribution is 7.25. The van der Waals surface area contributed by atoms with E-state index in [9.17, 15) is 0 Å². The van der Waals surface area contributed by atoms with E-state index in [0.717, 1.165) is 33.5 Å². The Kier molecular flexibility index (Phi) is 6.64. The van der Waals surface area contributed by atoms with Gasteiger partial charge in [0.05, 0.1) is 11.0 Å². The van der Waals surface area contributed by atoms with Crippen LogP contribution >= 0.6 is 11.3 Å². The van der Waals surface area contributed by atoms with Gasteiger partial charge in [0.2, 0.25) is 0 Å². The van der Waals surface area contributed by atoms with Crippen molar-refractivity contribution in [1.29, 1.82) is 0 Å². The molecule has 10 aromatic rings. The van der Waals surface area contributed by atoms with E-state index in [1.807, 2.05) is 18.2 Å². The predicted octanol–water partition coefficient (Wildman–Crippen LogP) is 12.0. The second kappa shape index (κ2) is 11.6. The maximum Gasteiger partial charge on any atom is 0.164 e. The Balaban J connectivity index is 1.04. The van der Waals surface area contributed by atoms with Gasteiger partial charge in [-0.2, -0.15) is 0 Å². The SMILES string of the molecule is c1ccc(-c2nc(-c3ccc(-c4ccc(-n5c6ccccc6c6ccccc65)cc4)cc3)nc(-c3cccc4sc5ccccc5c34)n2)cc1. The van der Waals surface area contributed by atoms with E-state index in [4.69, 9.17) is 15.0 Å². The summed E-state index contributed by atoms with van der Waals surface area (Å²) in [5, 5.41) is 4.93. The summed E-state index contributed by atoms with van der Waals surface area (Å²) in [7, 11) is 0. The monoisotopic (exact) mass is 656 g/mol. The molecule has 5 heteroatoms. The molecule has 234 valence electrons. The van der Waals surface area contributed by atoms with Crippen molar-refractivity contribution in [2.45, 2.75) is 0 Å². The van der Waals surface area contributed by atoms with E-state index in [-0.39, 0.29) is 0 Å². The Labute approximate surface area is 292 Å². The maximum atomic E-state index is 5.11. The zero-order chi connectivity index (χ0) is 33.0. The molecule has 0 radical (unpaired) electrons. The molecule has 0 fully saturated rings. The van der Waals surface area contributed by atoms with Gasteiger partial charge in [0, 0.05) is 53.3 Å². The third-order valence-corrected chi connectivity index (χ3v) is 10.6. The van der Waals surface area contributed by atoms with Crippen molar-refractivity contribution in [3.8, 4) is 51.0 Å². The van der Waals surface area contributed by atoms with Crippen LogP contribution in [0.2, 0.25) is 0 Å². The standard InChI is InChI=1S/C45H28N4S/c1-2-11-31(12-3-1)43-46-44(48-45(47-43)37-16-10-20-41-42(37)36-15-6-9-19-40(36)50-41)32-23-21-29(22-24-32)30-25-27-33(28-26-30)49-38-17-7-4-13-34(38)35-14-5-8-18-39(35)49/h1-28H. The van der Waals surface area contributed by atoms with Crippen LogP contribution in [0.3, 0.4) is 0 Å². The van der Waals surface area contributed by atoms with E-state index < -0.39 is 0 Å². The molecule has 0 saturated heterocycles. The lowest BCUT2D eigenvalue weighted by molar-refractivity contribution is 1.08. The summed E-state index contributed by atoms with van der Waals surface area (Å²) in [4.78, 5) is 15.2. The lowest BCUT2D eigenvalue weighted by Crippen LogP contribution is -2.00. The number of hydrogen-bond donors (Lipinski definition) is 0. The molecule has 0 unspecified atom stereocenters. The van der Waals surface area contributed by atoms with Crippen LogP contribution < -0.4 is 0 Å². The highest BCUT2D eigenvalue weighted by atomic mass is 32.1. The molecule has 50 heavy (non-hydrogen) atoms. The van der Waals surface area contributed by atoms with E-state index in [2.05, 4.69) is 156 Å². The molecule has 0 amide bonds. The fourth-order valence-electron chi connectivity index (χ4n) is 7.12. The Hall–Kier alpha value is -6.43. The summed E-state index contributed by atoms with van der Waals surface area (Å²) < 4.78 is 4.83. The largest absolute Gasteiger partial charge is 0.309 e. The maximum absolute atomic E-state index is 5.11. The lowest BCUT2D eigenvalue weighted by atomic mass is 10.0.